The Kier molecular flexibility index (Phi) is 9.28. The lowest BCUT2D eigenvalue weighted by Crippen LogP contribution is -3.00. The minimum absolute atomic E-state index is 0. The van der Waals surface area contributed by atoms with Crippen LogP contribution in [0.15, 0.2) is 0 Å². The fraction of sp³-hybridized carbons (Fsp3) is 1.00. The molecule has 0 heterocycles. The Morgan fingerprint density at radius 1 is 1.36 bits per heavy atom. The third kappa shape index (κ3) is 8.48. The van der Waals surface area contributed by atoms with Crippen LogP contribution in [0.4, 0.5) is 0 Å². The fourth-order valence-corrected chi connectivity index (χ4v) is 0.682. The summed E-state index contributed by atoms with van der Waals surface area (Å²) in [5.41, 5.74) is 0. The van der Waals surface area contributed by atoms with Gasteiger partial charge in [-0.2, -0.15) is 0 Å². The molecule has 0 atom stereocenters. The summed E-state index contributed by atoms with van der Waals surface area (Å²) in [5.74, 6) is 4.86. The van der Waals surface area contributed by atoms with Gasteiger partial charge < -0.3 is 33.6 Å². The van der Waals surface area contributed by atoms with Crippen LogP contribution in [0.2, 0.25) is 0 Å². The molecule has 0 aliphatic rings. The highest BCUT2D eigenvalue weighted by molar-refractivity contribution is 4.31. The smallest absolute Gasteiger partial charge is 0.117 e. The first-order valence-corrected chi connectivity index (χ1v) is 3.37. The van der Waals surface area contributed by atoms with Gasteiger partial charge in [-0.05, 0) is 0 Å². The second-order valence-corrected chi connectivity index (χ2v) is 2.98. The second-order valence-electron chi connectivity index (χ2n) is 2.98. The summed E-state index contributed by atoms with van der Waals surface area (Å²) >= 11 is 0. The maximum absolute atomic E-state index is 8.61. The highest BCUT2D eigenvalue weighted by atomic mass is 127. The molecule has 70 valence electrons. The van der Waals surface area contributed by atoms with Gasteiger partial charge >= 0.3 is 0 Å². The number of hydrogen-bond acceptors (Lipinski definition) is 3. The number of nitrogens with zero attached hydrogens (tertiary/aromatic N) is 1. The Balaban J connectivity index is 0. The van der Waals surface area contributed by atoms with Crippen molar-refractivity contribution in [1.29, 1.82) is 0 Å². The van der Waals surface area contributed by atoms with Crippen molar-refractivity contribution in [2.24, 2.45) is 5.90 Å². The first-order valence-electron chi connectivity index (χ1n) is 3.37. The maximum Gasteiger partial charge on any atom is 0.117 e. The minimum atomic E-state index is 0. The molecule has 0 radical (unpaired) electrons. The molecule has 4 nitrogen and oxygen atoms in total. The zero-order chi connectivity index (χ0) is 8.04. The highest BCUT2D eigenvalue weighted by Gasteiger charge is 2.12. The number of hydrogen-bond donors (Lipinski definition) is 2. The Bertz CT molecular complexity index is 90.7. The zero-order valence-corrected chi connectivity index (χ0v) is 9.24. The monoisotopic (exact) mass is 276 g/mol. The number of halogens is 1. The van der Waals surface area contributed by atoms with E-state index in [1.54, 1.807) is 0 Å². The van der Waals surface area contributed by atoms with E-state index in [0.717, 1.165) is 17.6 Å². The van der Waals surface area contributed by atoms with Crippen LogP contribution in [0.5, 0.6) is 0 Å². The van der Waals surface area contributed by atoms with Crippen molar-refractivity contribution in [3.05, 3.63) is 0 Å². The topological polar surface area (TPSA) is 55.5 Å². The van der Waals surface area contributed by atoms with E-state index in [1.165, 1.54) is 0 Å². The Morgan fingerprint density at radius 3 is 2.27 bits per heavy atom. The molecule has 0 aromatic carbocycles. The van der Waals surface area contributed by atoms with Gasteiger partial charge in [-0.25, -0.2) is 5.90 Å². The Morgan fingerprint density at radius 2 is 1.91 bits per heavy atom. The summed E-state index contributed by atoms with van der Waals surface area (Å²) in [4.78, 5) is 4.43. The van der Waals surface area contributed by atoms with Crippen molar-refractivity contribution in [3.63, 3.8) is 0 Å². The molecule has 3 N–H and O–H groups in total. The molecule has 0 saturated carbocycles. The molecule has 0 rings (SSSR count). The van der Waals surface area contributed by atoms with E-state index in [4.69, 9.17) is 11.0 Å². The van der Waals surface area contributed by atoms with Crippen LogP contribution in [0.3, 0.4) is 0 Å². The third-order valence-electron chi connectivity index (χ3n) is 1.52. The van der Waals surface area contributed by atoms with E-state index < -0.39 is 0 Å². The van der Waals surface area contributed by atoms with Crippen LogP contribution in [-0.4, -0.2) is 50.0 Å². The molecule has 0 saturated heterocycles. The summed E-state index contributed by atoms with van der Waals surface area (Å²) in [6.45, 7) is 2.31. The van der Waals surface area contributed by atoms with E-state index in [2.05, 4.69) is 4.84 Å². The Hall–Kier alpha value is 0.570. The highest BCUT2D eigenvalue weighted by Crippen LogP contribution is 1.93. The summed E-state index contributed by atoms with van der Waals surface area (Å²) in [6, 6.07) is 0. The van der Waals surface area contributed by atoms with Gasteiger partial charge in [0.15, 0.2) is 0 Å². The van der Waals surface area contributed by atoms with Crippen LogP contribution < -0.4 is 29.9 Å². The number of aliphatic hydroxyl groups is 1. The molecule has 0 unspecified atom stereocenters. The minimum Gasteiger partial charge on any atom is -1.00 e. The summed E-state index contributed by atoms with van der Waals surface area (Å²) < 4.78 is 0.744. The zero-order valence-electron chi connectivity index (χ0n) is 7.09. The van der Waals surface area contributed by atoms with Crippen molar-refractivity contribution in [2.75, 3.05) is 40.4 Å². The second kappa shape index (κ2) is 7.23. The van der Waals surface area contributed by atoms with Crippen molar-refractivity contribution < 1.29 is 38.4 Å². The maximum atomic E-state index is 8.61. The fourth-order valence-electron chi connectivity index (χ4n) is 0.682. The molecule has 5 heteroatoms. The molecule has 11 heavy (non-hydrogen) atoms. The van der Waals surface area contributed by atoms with Gasteiger partial charge in [0.25, 0.3) is 0 Å². The van der Waals surface area contributed by atoms with Gasteiger partial charge in [-0.1, -0.05) is 0 Å². The lowest BCUT2D eigenvalue weighted by atomic mass is 10.4. The summed E-state index contributed by atoms with van der Waals surface area (Å²) in [5, 5.41) is 8.61. The number of nitrogens with two attached hydrogens (primary N) is 1. The molecule has 0 aliphatic carbocycles. The molecule has 0 aromatic rings. The third-order valence-corrected chi connectivity index (χ3v) is 1.52. The van der Waals surface area contributed by atoms with Gasteiger partial charge in [0.2, 0.25) is 0 Å². The van der Waals surface area contributed by atoms with Crippen LogP contribution in [0, 0.1) is 0 Å². The molecular formula is C6H17IN2O2. The number of quaternary nitrogens is 1. The van der Waals surface area contributed by atoms with Crippen molar-refractivity contribution in [2.45, 2.75) is 0 Å². The van der Waals surface area contributed by atoms with Crippen LogP contribution >= 0.6 is 0 Å². The van der Waals surface area contributed by atoms with E-state index >= 15 is 0 Å². The van der Waals surface area contributed by atoms with E-state index in [9.17, 15) is 0 Å². The molecular weight excluding hydrogens is 259 g/mol. The molecule has 0 aliphatic heterocycles. The first-order chi connectivity index (χ1) is 4.62. The normalized spacial score (nSPS) is 10.9. The van der Waals surface area contributed by atoms with Crippen LogP contribution in [-0.2, 0) is 4.84 Å². The SMILES string of the molecule is C[N+](C)(CCO)CCON.[I-]. The molecule has 0 bridgehead atoms. The van der Waals surface area contributed by atoms with Crippen molar-refractivity contribution in [1.82, 2.24) is 0 Å². The van der Waals surface area contributed by atoms with E-state index in [-0.39, 0.29) is 30.6 Å². The lowest BCUT2D eigenvalue weighted by Gasteiger charge is -2.28. The van der Waals surface area contributed by atoms with Crippen LogP contribution in [0.1, 0.15) is 0 Å². The number of rotatable bonds is 5. The average Bonchev–Trinajstić information content (AvgIpc) is 1.84. The average molecular weight is 276 g/mol. The quantitative estimate of drug-likeness (QED) is 0.305. The lowest BCUT2D eigenvalue weighted by molar-refractivity contribution is -0.891. The van der Waals surface area contributed by atoms with Crippen molar-refractivity contribution in [3.8, 4) is 0 Å². The molecule has 0 spiro atoms. The van der Waals surface area contributed by atoms with Gasteiger partial charge in [0, 0.05) is 0 Å². The Labute approximate surface area is 84.9 Å². The number of likely N-dealkylation sites (N-methyl/N-ethyl adjacent to an activating group) is 1. The largest absolute Gasteiger partial charge is 1.00 e. The van der Waals surface area contributed by atoms with Gasteiger partial charge in [-0.15, -0.1) is 0 Å². The van der Waals surface area contributed by atoms with E-state index in [0.29, 0.717) is 6.61 Å². The van der Waals surface area contributed by atoms with Gasteiger partial charge in [-0.3, -0.25) is 4.84 Å². The predicted octanol–water partition coefficient (Wildman–Crippen LogP) is -4.05. The molecule has 0 amide bonds. The summed E-state index contributed by atoms with van der Waals surface area (Å²) in [7, 11) is 4.05. The summed E-state index contributed by atoms with van der Waals surface area (Å²) in [6.07, 6.45) is 0. The van der Waals surface area contributed by atoms with Crippen LogP contribution in [0.25, 0.3) is 0 Å². The van der Waals surface area contributed by atoms with Crippen molar-refractivity contribution >= 4 is 0 Å². The molecule has 0 aromatic heterocycles. The first kappa shape index (κ1) is 14.1. The van der Waals surface area contributed by atoms with Gasteiger partial charge in [0.1, 0.15) is 19.7 Å². The predicted molar refractivity (Wildman–Crippen MR) is 39.1 cm³/mol. The van der Waals surface area contributed by atoms with E-state index in [1.807, 2.05) is 14.1 Å². The number of aliphatic hydroxyl groups excluding tert-OH is 1. The van der Waals surface area contributed by atoms with Gasteiger partial charge in [0.05, 0.1) is 20.7 Å². The standard InChI is InChI=1S/C6H17N2O2.HI/c1-8(2,3-5-9)4-6-10-7;/h9H,3-7H2,1-2H3;1H/q+1;/p-1. The molecule has 0 fully saturated rings.